The maximum absolute atomic E-state index is 13.6. The Balaban J connectivity index is 0.00000462. The average Bonchev–Trinajstić information content (AvgIpc) is 3.28. The molecule has 0 unspecified atom stereocenters. The van der Waals surface area contributed by atoms with Crippen LogP contribution in [0.2, 0.25) is 0 Å². The number of aryl methyl sites for hydroxylation is 1. The lowest BCUT2D eigenvalue weighted by Crippen LogP contribution is -2.34. The van der Waals surface area contributed by atoms with Crippen molar-refractivity contribution in [1.82, 2.24) is 14.5 Å². The Hall–Kier alpha value is -4.64. The standard InChI is InChI=1S/C29H33N7O4.ClH/c1-4-40-27(37)13-16-36(25-7-5-6-14-33-25)29(38)20-9-11-23-22(17-20)34-26(35(23)2)12-15-32-21-10-8-19(28(30)31)18-24(21)39-3;/h5-11,14,17-18,32H,4,12-13,15-16H2,1-3H3,(H3,30,31);1H. The number of nitrogens with zero attached hydrogens (tertiary/aromatic N) is 4. The molecule has 0 radical (unpaired) electrons. The van der Waals surface area contributed by atoms with Crippen molar-refractivity contribution in [3.8, 4) is 5.75 Å². The smallest absolute Gasteiger partial charge is 0.307 e. The van der Waals surface area contributed by atoms with Gasteiger partial charge in [0.1, 0.15) is 23.2 Å². The van der Waals surface area contributed by atoms with E-state index in [1.165, 1.54) is 4.90 Å². The third-order valence-electron chi connectivity index (χ3n) is 6.41. The number of aromatic nitrogens is 3. The summed E-state index contributed by atoms with van der Waals surface area (Å²) in [7, 11) is 3.51. The highest BCUT2D eigenvalue weighted by Crippen LogP contribution is 2.26. The van der Waals surface area contributed by atoms with Crippen molar-refractivity contribution in [3.05, 3.63) is 77.7 Å². The number of benzene rings is 2. The molecule has 0 spiro atoms. The largest absolute Gasteiger partial charge is 0.495 e. The van der Waals surface area contributed by atoms with Crippen molar-refractivity contribution in [2.45, 2.75) is 19.8 Å². The van der Waals surface area contributed by atoms with E-state index in [9.17, 15) is 9.59 Å². The number of nitrogens with one attached hydrogen (secondary N) is 2. The monoisotopic (exact) mass is 579 g/mol. The van der Waals surface area contributed by atoms with Gasteiger partial charge in [0.15, 0.2) is 0 Å². The number of esters is 1. The van der Waals surface area contributed by atoms with Gasteiger partial charge in [0.2, 0.25) is 0 Å². The predicted octanol–water partition coefficient (Wildman–Crippen LogP) is 3.94. The number of pyridine rings is 1. The average molecular weight is 580 g/mol. The molecule has 0 saturated carbocycles. The van der Waals surface area contributed by atoms with Gasteiger partial charge in [0.25, 0.3) is 5.91 Å². The highest BCUT2D eigenvalue weighted by atomic mass is 35.5. The molecule has 4 N–H and O–H groups in total. The Labute approximate surface area is 244 Å². The summed E-state index contributed by atoms with van der Waals surface area (Å²) in [6.07, 6.45) is 2.28. The van der Waals surface area contributed by atoms with Gasteiger partial charge in [-0.15, -0.1) is 12.4 Å². The molecule has 0 aliphatic heterocycles. The topological polar surface area (TPSA) is 148 Å². The molecule has 216 valence electrons. The number of amidine groups is 1. The fraction of sp³-hybridized carbons (Fsp3) is 0.276. The van der Waals surface area contributed by atoms with E-state index in [0.29, 0.717) is 41.2 Å². The molecular formula is C29H34ClN7O4. The van der Waals surface area contributed by atoms with Crippen molar-refractivity contribution < 1.29 is 19.1 Å². The van der Waals surface area contributed by atoms with Crippen LogP contribution >= 0.6 is 12.4 Å². The number of imidazole rings is 1. The lowest BCUT2D eigenvalue weighted by atomic mass is 10.1. The molecule has 41 heavy (non-hydrogen) atoms. The normalized spacial score (nSPS) is 10.5. The van der Waals surface area contributed by atoms with E-state index in [-0.39, 0.29) is 49.7 Å². The second kappa shape index (κ2) is 14.1. The predicted molar refractivity (Wildman–Crippen MR) is 161 cm³/mol. The molecule has 2 heterocycles. The zero-order valence-corrected chi connectivity index (χ0v) is 24.0. The van der Waals surface area contributed by atoms with Crippen LogP contribution < -0.4 is 20.7 Å². The molecule has 0 atom stereocenters. The molecule has 0 fully saturated rings. The number of halogens is 1. The molecule has 2 aromatic heterocycles. The van der Waals surface area contributed by atoms with Crippen molar-refractivity contribution >= 4 is 52.7 Å². The van der Waals surface area contributed by atoms with Gasteiger partial charge in [0, 0.05) is 43.9 Å². The maximum atomic E-state index is 13.6. The van der Waals surface area contributed by atoms with Gasteiger partial charge in [-0.3, -0.25) is 19.9 Å². The number of rotatable bonds is 12. The SMILES string of the molecule is CCOC(=O)CCN(C(=O)c1ccc2c(c1)nc(CCNc1ccc(C(=N)N)cc1OC)n2C)c1ccccn1.Cl. The molecule has 1 amide bonds. The molecule has 0 bridgehead atoms. The summed E-state index contributed by atoms with van der Waals surface area (Å²) in [5.41, 5.74) is 8.99. The Morgan fingerprint density at radius 2 is 1.90 bits per heavy atom. The summed E-state index contributed by atoms with van der Waals surface area (Å²) in [5, 5.41) is 11.0. The van der Waals surface area contributed by atoms with Crippen molar-refractivity contribution in [2.24, 2.45) is 12.8 Å². The van der Waals surface area contributed by atoms with E-state index in [0.717, 1.165) is 17.0 Å². The lowest BCUT2D eigenvalue weighted by molar-refractivity contribution is -0.142. The Morgan fingerprint density at radius 3 is 2.59 bits per heavy atom. The lowest BCUT2D eigenvalue weighted by Gasteiger charge is -2.21. The molecule has 2 aromatic carbocycles. The summed E-state index contributed by atoms with van der Waals surface area (Å²) in [6, 6.07) is 16.0. The molecule has 0 aliphatic rings. The van der Waals surface area contributed by atoms with Crippen LogP contribution in [0.3, 0.4) is 0 Å². The number of anilines is 2. The summed E-state index contributed by atoms with van der Waals surface area (Å²) in [4.78, 5) is 36.1. The fourth-order valence-electron chi connectivity index (χ4n) is 4.35. The molecule has 11 nitrogen and oxygen atoms in total. The molecule has 0 aliphatic carbocycles. The van der Waals surface area contributed by atoms with Gasteiger partial charge < -0.3 is 25.1 Å². The van der Waals surface area contributed by atoms with E-state index in [4.69, 9.17) is 25.6 Å². The molecule has 4 aromatic rings. The number of carbonyl (C=O) groups is 2. The highest BCUT2D eigenvalue weighted by molar-refractivity contribution is 6.07. The highest BCUT2D eigenvalue weighted by Gasteiger charge is 2.21. The van der Waals surface area contributed by atoms with Gasteiger partial charge in [0.05, 0.1) is 36.9 Å². The second-order valence-corrected chi connectivity index (χ2v) is 9.00. The number of carbonyl (C=O) groups excluding carboxylic acids is 2. The van der Waals surface area contributed by atoms with Crippen molar-refractivity contribution in [3.63, 3.8) is 0 Å². The van der Waals surface area contributed by atoms with E-state index in [2.05, 4.69) is 10.3 Å². The van der Waals surface area contributed by atoms with E-state index < -0.39 is 0 Å². The van der Waals surface area contributed by atoms with Crippen LogP contribution in [0.1, 0.15) is 35.1 Å². The van der Waals surface area contributed by atoms with Crippen molar-refractivity contribution in [1.29, 1.82) is 5.41 Å². The Bertz CT molecular complexity index is 1520. The van der Waals surface area contributed by atoms with Crippen LogP contribution in [0.25, 0.3) is 11.0 Å². The van der Waals surface area contributed by atoms with Crippen LogP contribution in [-0.4, -0.2) is 59.1 Å². The molecule has 12 heteroatoms. The Morgan fingerprint density at radius 1 is 1.12 bits per heavy atom. The van der Waals surface area contributed by atoms with Crippen LogP contribution in [0.4, 0.5) is 11.5 Å². The quantitative estimate of drug-likeness (QED) is 0.130. The molecule has 0 saturated heterocycles. The first-order valence-corrected chi connectivity index (χ1v) is 12.9. The van der Waals surface area contributed by atoms with Crippen molar-refractivity contribution in [2.75, 3.05) is 37.0 Å². The summed E-state index contributed by atoms with van der Waals surface area (Å²) < 4.78 is 12.5. The number of hydrogen-bond donors (Lipinski definition) is 3. The minimum absolute atomic E-state index is 0. The third-order valence-corrected chi connectivity index (χ3v) is 6.41. The van der Waals surface area contributed by atoms with Gasteiger partial charge in [-0.1, -0.05) is 6.07 Å². The number of amides is 1. The van der Waals surface area contributed by atoms with E-state index in [1.807, 2.05) is 23.7 Å². The number of ether oxygens (including phenoxy) is 2. The first-order chi connectivity index (χ1) is 19.3. The van der Waals surface area contributed by atoms with Gasteiger partial charge in [-0.2, -0.15) is 0 Å². The summed E-state index contributed by atoms with van der Waals surface area (Å²) in [6.45, 7) is 2.75. The Kier molecular flexibility index (Phi) is 10.6. The number of fused-ring (bicyclic) bond motifs is 1. The third kappa shape index (κ3) is 7.31. The first kappa shape index (κ1) is 30.9. The maximum Gasteiger partial charge on any atom is 0.307 e. The van der Waals surface area contributed by atoms with E-state index >= 15 is 0 Å². The summed E-state index contributed by atoms with van der Waals surface area (Å²) >= 11 is 0. The van der Waals surface area contributed by atoms with Gasteiger partial charge in [-0.25, -0.2) is 9.97 Å². The zero-order chi connectivity index (χ0) is 28.6. The minimum atomic E-state index is -0.373. The zero-order valence-electron chi connectivity index (χ0n) is 23.2. The van der Waals surface area contributed by atoms with Gasteiger partial charge >= 0.3 is 5.97 Å². The minimum Gasteiger partial charge on any atom is -0.495 e. The fourth-order valence-corrected chi connectivity index (χ4v) is 4.35. The first-order valence-electron chi connectivity index (χ1n) is 12.9. The van der Waals surface area contributed by atoms with Crippen LogP contribution in [0.5, 0.6) is 5.75 Å². The van der Waals surface area contributed by atoms with Gasteiger partial charge in [-0.05, 0) is 55.5 Å². The number of nitrogen functional groups attached to an aromatic ring is 1. The summed E-state index contributed by atoms with van der Waals surface area (Å²) in [5.74, 6) is 1.22. The van der Waals surface area contributed by atoms with Crippen LogP contribution in [0.15, 0.2) is 60.8 Å². The molecular weight excluding hydrogens is 546 g/mol. The molecule has 4 rings (SSSR count). The van der Waals surface area contributed by atoms with E-state index in [1.54, 1.807) is 62.7 Å². The van der Waals surface area contributed by atoms with Crippen LogP contribution in [0, 0.1) is 5.41 Å². The number of hydrogen-bond acceptors (Lipinski definition) is 8. The second-order valence-electron chi connectivity index (χ2n) is 9.00. The number of methoxy groups -OCH3 is 1. The number of nitrogens with two attached hydrogens (primary N) is 1. The van der Waals surface area contributed by atoms with Crippen LogP contribution in [-0.2, 0) is 23.0 Å².